The first-order valence-corrected chi connectivity index (χ1v) is 8.44. The molecule has 0 spiro atoms. The quantitative estimate of drug-likeness (QED) is 0.302. The number of quaternary nitrogens is 1. The maximum atomic E-state index is 10.5. The first kappa shape index (κ1) is 18.9. The van der Waals surface area contributed by atoms with E-state index in [1.807, 2.05) is 14.1 Å². The number of nitrogens with zero attached hydrogens (tertiary/aromatic N) is 1. The SMILES string of the molecule is CCCCCCCCCCOCC[N+](C)(C)C#P=O. The Morgan fingerprint density at radius 1 is 0.947 bits per heavy atom. The van der Waals surface area contributed by atoms with Gasteiger partial charge in [0.25, 0.3) is 0 Å². The minimum absolute atomic E-state index is 0.0273. The number of unbranched alkanes of at least 4 members (excludes halogenated alkanes) is 7. The second-order valence-corrected chi connectivity index (χ2v) is 6.07. The van der Waals surface area contributed by atoms with Crippen LogP contribution in [0.25, 0.3) is 0 Å². The first-order valence-electron chi connectivity index (χ1n) is 7.62. The van der Waals surface area contributed by atoms with Crippen molar-refractivity contribution in [1.82, 2.24) is 0 Å². The zero-order valence-corrected chi connectivity index (χ0v) is 13.9. The topological polar surface area (TPSA) is 26.3 Å². The molecule has 0 aromatic carbocycles. The number of hydrogen-bond donors (Lipinski definition) is 0. The third kappa shape index (κ3) is 14.2. The number of hydrogen-bond acceptors (Lipinski definition) is 2. The summed E-state index contributed by atoms with van der Waals surface area (Å²) in [5, 5.41) is 0. The molecule has 0 heterocycles. The fraction of sp³-hybridized carbons (Fsp3) is 0.933. The van der Waals surface area contributed by atoms with Crippen molar-refractivity contribution in [3.63, 3.8) is 0 Å². The molecule has 0 unspecified atom stereocenters. The van der Waals surface area contributed by atoms with E-state index in [0.717, 1.165) is 19.6 Å². The Balaban J connectivity index is 3.23. The summed E-state index contributed by atoms with van der Waals surface area (Å²) in [6, 6.07) is 0. The molecule has 0 rings (SSSR count). The van der Waals surface area contributed by atoms with Gasteiger partial charge in [-0.05, 0) is 0 Å². The molecule has 0 aliphatic rings. The third-order valence-corrected chi connectivity index (χ3v) is 3.87. The summed E-state index contributed by atoms with van der Waals surface area (Å²) in [6.07, 6.45) is 10.6. The summed E-state index contributed by atoms with van der Waals surface area (Å²) in [5.74, 6) is 2.83. The average Bonchev–Trinajstić information content (AvgIpc) is 2.36. The van der Waals surface area contributed by atoms with Gasteiger partial charge in [-0.15, -0.1) is 0 Å². The van der Waals surface area contributed by atoms with Gasteiger partial charge in [-0.3, -0.25) is 0 Å². The van der Waals surface area contributed by atoms with Crippen LogP contribution < -0.4 is 0 Å². The standard InChI is InChI=1S/C15H31NO2P/c1-4-5-6-7-8-9-10-11-13-18-14-12-16(2,3)15-19-17/h4-14H2,1-3H3/q+1. The van der Waals surface area contributed by atoms with E-state index in [9.17, 15) is 4.57 Å². The van der Waals surface area contributed by atoms with Crippen molar-refractivity contribution in [1.29, 1.82) is 0 Å². The summed E-state index contributed by atoms with van der Waals surface area (Å²) >= 11 is 0. The molecule has 0 aromatic rings. The van der Waals surface area contributed by atoms with E-state index < -0.39 is 0 Å². The van der Waals surface area contributed by atoms with Crippen LogP contribution in [0.15, 0.2) is 0 Å². The molecule has 0 bridgehead atoms. The fourth-order valence-corrected chi connectivity index (χ4v) is 2.21. The van der Waals surface area contributed by atoms with Crippen molar-refractivity contribution in [2.45, 2.75) is 58.3 Å². The third-order valence-electron chi connectivity index (χ3n) is 3.25. The number of rotatable bonds is 12. The van der Waals surface area contributed by atoms with Crippen molar-refractivity contribution in [3.05, 3.63) is 0 Å². The van der Waals surface area contributed by atoms with Crippen LogP contribution in [0.1, 0.15) is 58.3 Å². The zero-order chi connectivity index (χ0) is 14.4. The van der Waals surface area contributed by atoms with Crippen molar-refractivity contribution >= 4 is 7.92 Å². The minimum atomic E-state index is -0.0273. The molecule has 0 amide bonds. The molecule has 0 N–H and O–H groups in total. The van der Waals surface area contributed by atoms with Crippen LogP contribution >= 0.6 is 7.92 Å². The van der Waals surface area contributed by atoms with Crippen LogP contribution in [0.2, 0.25) is 0 Å². The maximum absolute atomic E-state index is 10.5. The van der Waals surface area contributed by atoms with Crippen LogP contribution in [0, 0.1) is 5.75 Å². The van der Waals surface area contributed by atoms with Gasteiger partial charge in [-0.25, -0.2) is 0 Å². The zero-order valence-electron chi connectivity index (χ0n) is 13.0. The molecule has 0 radical (unpaired) electrons. The van der Waals surface area contributed by atoms with Gasteiger partial charge in [0.2, 0.25) is 0 Å². The molecule has 0 atom stereocenters. The Bertz CT molecular complexity index is 298. The first-order chi connectivity index (χ1) is 9.12. The Kier molecular flexibility index (Phi) is 12.9. The van der Waals surface area contributed by atoms with E-state index in [4.69, 9.17) is 4.74 Å². The van der Waals surface area contributed by atoms with Gasteiger partial charge in [-0.2, -0.15) is 0 Å². The van der Waals surface area contributed by atoms with Crippen LogP contribution in [-0.4, -0.2) is 38.3 Å². The second kappa shape index (κ2) is 12.9. The van der Waals surface area contributed by atoms with E-state index in [0.29, 0.717) is 11.1 Å². The molecule has 112 valence electrons. The van der Waals surface area contributed by atoms with Crippen LogP contribution in [0.4, 0.5) is 0 Å². The molecule has 3 nitrogen and oxygen atoms in total. The Morgan fingerprint density at radius 2 is 1.53 bits per heavy atom. The molecule has 4 heteroatoms. The predicted molar refractivity (Wildman–Crippen MR) is 81.9 cm³/mol. The van der Waals surface area contributed by atoms with Gasteiger partial charge in [0.1, 0.15) is 0 Å². The number of ether oxygens (including phenoxy) is 1. The molecule has 0 aliphatic carbocycles. The summed E-state index contributed by atoms with van der Waals surface area (Å²) < 4.78 is 16.6. The molecule has 0 fully saturated rings. The Labute approximate surface area is 120 Å². The summed E-state index contributed by atoms with van der Waals surface area (Å²) in [5.41, 5.74) is 0. The van der Waals surface area contributed by atoms with E-state index in [1.165, 1.54) is 44.9 Å². The van der Waals surface area contributed by atoms with Gasteiger partial charge in [-0.1, -0.05) is 19.8 Å². The molecule has 19 heavy (non-hydrogen) atoms. The fourth-order valence-electron chi connectivity index (χ4n) is 1.89. The van der Waals surface area contributed by atoms with Crippen molar-refractivity contribution in [3.8, 4) is 5.75 Å². The molecular weight excluding hydrogens is 257 g/mol. The monoisotopic (exact) mass is 288 g/mol. The molecule has 0 aromatic heterocycles. The van der Waals surface area contributed by atoms with E-state index in [-0.39, 0.29) is 7.92 Å². The molecule has 0 saturated carbocycles. The molecular formula is C15H31NO2P+. The Hall–Kier alpha value is -0.0700. The summed E-state index contributed by atoms with van der Waals surface area (Å²) in [6.45, 7) is 4.64. The molecule has 0 saturated heterocycles. The summed E-state index contributed by atoms with van der Waals surface area (Å²) in [4.78, 5) is 0. The summed E-state index contributed by atoms with van der Waals surface area (Å²) in [7, 11) is 3.93. The van der Waals surface area contributed by atoms with Crippen molar-refractivity contribution < 1.29 is 13.8 Å². The van der Waals surface area contributed by atoms with Gasteiger partial charge >= 0.3 is 99.8 Å². The molecule has 0 aliphatic heterocycles. The van der Waals surface area contributed by atoms with Crippen molar-refractivity contribution in [2.24, 2.45) is 0 Å². The van der Waals surface area contributed by atoms with Gasteiger partial charge in [0, 0.05) is 0 Å². The number of likely N-dealkylation sites (N-methyl/N-ethyl adjacent to an activating group) is 1. The van der Waals surface area contributed by atoms with E-state index in [2.05, 4.69) is 12.7 Å². The predicted octanol–water partition coefficient (Wildman–Crippen LogP) is 4.43. The Morgan fingerprint density at radius 3 is 2.11 bits per heavy atom. The second-order valence-electron chi connectivity index (χ2n) is 5.69. The van der Waals surface area contributed by atoms with Crippen LogP contribution in [0.5, 0.6) is 0 Å². The van der Waals surface area contributed by atoms with E-state index in [1.54, 1.807) is 0 Å². The van der Waals surface area contributed by atoms with Crippen LogP contribution in [-0.2, 0) is 9.30 Å². The van der Waals surface area contributed by atoms with Crippen LogP contribution in [0.3, 0.4) is 0 Å². The van der Waals surface area contributed by atoms with Crippen molar-refractivity contribution in [2.75, 3.05) is 33.9 Å². The normalized spacial score (nSPS) is 11.3. The van der Waals surface area contributed by atoms with Gasteiger partial charge < -0.3 is 0 Å². The van der Waals surface area contributed by atoms with Gasteiger partial charge in [0.05, 0.1) is 0 Å². The van der Waals surface area contributed by atoms with E-state index >= 15 is 0 Å². The van der Waals surface area contributed by atoms with Gasteiger partial charge in [0.15, 0.2) is 0 Å². The average molecular weight is 288 g/mol.